The number of carbonyl (C=O) groups is 3. The SMILES string of the molecule is C=CCn1c(SCC(=O)Nc2cc(C(=O)OC)ccc2C(=O)OC)nnc1-c1ccc(C(C)C)cc1. The molecular weight excluding hydrogens is 480 g/mol. The summed E-state index contributed by atoms with van der Waals surface area (Å²) in [5, 5.41) is 11.8. The third-order valence-corrected chi connectivity index (χ3v) is 6.28. The Morgan fingerprint density at radius 1 is 1.06 bits per heavy atom. The molecule has 1 N–H and O–H groups in total. The van der Waals surface area contributed by atoms with E-state index >= 15 is 0 Å². The first kappa shape index (κ1) is 26.7. The Morgan fingerprint density at radius 3 is 2.36 bits per heavy atom. The van der Waals surface area contributed by atoms with Crippen LogP contribution >= 0.6 is 11.8 Å². The predicted octanol–water partition coefficient (Wildman–Crippen LogP) is 4.56. The van der Waals surface area contributed by atoms with Gasteiger partial charge < -0.3 is 14.8 Å². The molecule has 3 aromatic rings. The van der Waals surface area contributed by atoms with Crippen molar-refractivity contribution in [3.63, 3.8) is 0 Å². The molecule has 0 aliphatic heterocycles. The predicted molar refractivity (Wildman–Crippen MR) is 138 cm³/mol. The number of thioether (sulfide) groups is 1. The van der Waals surface area contributed by atoms with E-state index in [0.717, 1.165) is 5.56 Å². The van der Waals surface area contributed by atoms with Crippen molar-refractivity contribution in [3.05, 3.63) is 71.8 Å². The summed E-state index contributed by atoms with van der Waals surface area (Å²) in [4.78, 5) is 36.8. The van der Waals surface area contributed by atoms with Gasteiger partial charge in [0.05, 0.1) is 36.8 Å². The molecule has 0 bridgehead atoms. The monoisotopic (exact) mass is 508 g/mol. The van der Waals surface area contributed by atoms with Crippen LogP contribution in [0.25, 0.3) is 11.4 Å². The van der Waals surface area contributed by atoms with Gasteiger partial charge in [-0.1, -0.05) is 56.0 Å². The second kappa shape index (κ2) is 12.2. The first-order valence-corrected chi connectivity index (χ1v) is 12.1. The van der Waals surface area contributed by atoms with E-state index in [2.05, 4.69) is 48.1 Å². The number of ether oxygens (including phenoxy) is 2. The molecule has 2 aromatic carbocycles. The lowest BCUT2D eigenvalue weighted by Gasteiger charge is -2.12. The fraction of sp³-hybridized carbons (Fsp3) is 0.269. The van der Waals surface area contributed by atoms with Gasteiger partial charge in [-0.2, -0.15) is 0 Å². The zero-order valence-electron chi connectivity index (χ0n) is 20.6. The summed E-state index contributed by atoms with van der Waals surface area (Å²) >= 11 is 1.19. The number of anilines is 1. The summed E-state index contributed by atoms with van der Waals surface area (Å²) in [6.07, 6.45) is 1.74. The number of aromatic nitrogens is 3. The Hall–Kier alpha value is -3.92. The smallest absolute Gasteiger partial charge is 0.339 e. The number of benzene rings is 2. The van der Waals surface area contributed by atoms with Crippen LogP contribution in [0.15, 0.2) is 60.3 Å². The number of nitrogens with one attached hydrogen (secondary N) is 1. The number of allylic oxidation sites excluding steroid dienone is 1. The summed E-state index contributed by atoms with van der Waals surface area (Å²) in [5.74, 6) is -0.557. The number of nitrogens with zero attached hydrogens (tertiary/aromatic N) is 3. The van der Waals surface area contributed by atoms with E-state index < -0.39 is 17.8 Å². The zero-order chi connectivity index (χ0) is 26.2. The molecule has 0 aliphatic carbocycles. The van der Waals surface area contributed by atoms with E-state index in [1.807, 2.05) is 16.7 Å². The number of methoxy groups -OCH3 is 2. The molecule has 1 amide bonds. The fourth-order valence-corrected chi connectivity index (χ4v) is 4.16. The van der Waals surface area contributed by atoms with Crippen LogP contribution in [0, 0.1) is 0 Å². The van der Waals surface area contributed by atoms with Gasteiger partial charge >= 0.3 is 11.9 Å². The van der Waals surface area contributed by atoms with Crippen LogP contribution in [-0.4, -0.2) is 52.6 Å². The summed E-state index contributed by atoms with van der Waals surface area (Å²) < 4.78 is 11.4. The molecule has 0 saturated heterocycles. The lowest BCUT2D eigenvalue weighted by molar-refractivity contribution is -0.113. The number of hydrogen-bond donors (Lipinski definition) is 1. The van der Waals surface area contributed by atoms with Crippen LogP contribution in [0.2, 0.25) is 0 Å². The number of rotatable bonds is 10. The van der Waals surface area contributed by atoms with Crippen LogP contribution in [0.5, 0.6) is 0 Å². The Bertz CT molecular complexity index is 1270. The minimum Gasteiger partial charge on any atom is -0.465 e. The topological polar surface area (TPSA) is 112 Å². The Balaban J connectivity index is 1.79. The van der Waals surface area contributed by atoms with Crippen LogP contribution in [0.3, 0.4) is 0 Å². The van der Waals surface area contributed by atoms with E-state index in [-0.39, 0.29) is 22.6 Å². The summed E-state index contributed by atoms with van der Waals surface area (Å²) in [7, 11) is 2.48. The number of esters is 2. The first-order chi connectivity index (χ1) is 17.3. The Kier molecular flexibility index (Phi) is 9.02. The molecule has 10 heteroatoms. The highest BCUT2D eigenvalue weighted by Crippen LogP contribution is 2.26. The summed E-state index contributed by atoms with van der Waals surface area (Å²) in [5.41, 5.74) is 2.58. The van der Waals surface area contributed by atoms with Gasteiger partial charge in [0.2, 0.25) is 5.91 Å². The molecule has 0 fully saturated rings. The van der Waals surface area contributed by atoms with Crippen molar-refractivity contribution in [2.24, 2.45) is 0 Å². The highest BCUT2D eigenvalue weighted by molar-refractivity contribution is 7.99. The van der Waals surface area contributed by atoms with Crippen LogP contribution in [-0.2, 0) is 20.8 Å². The fourth-order valence-electron chi connectivity index (χ4n) is 3.42. The van der Waals surface area contributed by atoms with Gasteiger partial charge in [0.15, 0.2) is 11.0 Å². The summed E-state index contributed by atoms with van der Waals surface area (Å²) in [6.45, 7) is 8.55. The number of hydrogen-bond acceptors (Lipinski definition) is 8. The maximum absolute atomic E-state index is 12.8. The second-order valence-corrected chi connectivity index (χ2v) is 9.01. The molecular formula is C26H28N4O5S. The van der Waals surface area contributed by atoms with Gasteiger partial charge in [0.25, 0.3) is 0 Å². The highest BCUT2D eigenvalue weighted by Gasteiger charge is 2.19. The van der Waals surface area contributed by atoms with E-state index in [0.29, 0.717) is 23.4 Å². The maximum atomic E-state index is 12.8. The maximum Gasteiger partial charge on any atom is 0.339 e. The molecule has 0 unspecified atom stereocenters. The van der Waals surface area contributed by atoms with Gasteiger partial charge in [-0.15, -0.1) is 16.8 Å². The third kappa shape index (κ3) is 6.19. The van der Waals surface area contributed by atoms with Crippen molar-refractivity contribution in [1.29, 1.82) is 0 Å². The van der Waals surface area contributed by atoms with Crippen molar-refractivity contribution >= 4 is 35.3 Å². The largest absolute Gasteiger partial charge is 0.465 e. The van der Waals surface area contributed by atoms with Gasteiger partial charge in [0, 0.05) is 12.1 Å². The molecule has 9 nitrogen and oxygen atoms in total. The number of carbonyl (C=O) groups excluding carboxylic acids is 3. The minimum atomic E-state index is -0.645. The van der Waals surface area contributed by atoms with Crippen molar-refractivity contribution < 1.29 is 23.9 Å². The van der Waals surface area contributed by atoms with Crippen molar-refractivity contribution in [2.75, 3.05) is 25.3 Å². The normalized spacial score (nSPS) is 10.7. The summed E-state index contributed by atoms with van der Waals surface area (Å²) in [6, 6.07) is 12.3. The molecule has 0 atom stereocenters. The Morgan fingerprint density at radius 2 is 1.75 bits per heavy atom. The third-order valence-electron chi connectivity index (χ3n) is 5.32. The van der Waals surface area contributed by atoms with Crippen molar-refractivity contribution in [1.82, 2.24) is 14.8 Å². The number of amides is 1. The highest BCUT2D eigenvalue weighted by atomic mass is 32.2. The lowest BCUT2D eigenvalue weighted by atomic mass is 10.0. The van der Waals surface area contributed by atoms with Crippen molar-refractivity contribution in [3.8, 4) is 11.4 Å². The van der Waals surface area contributed by atoms with Crippen LogP contribution < -0.4 is 5.32 Å². The minimum absolute atomic E-state index is 0.00930. The molecule has 0 spiro atoms. The first-order valence-electron chi connectivity index (χ1n) is 11.2. The van der Waals surface area contributed by atoms with E-state index in [1.165, 1.54) is 49.7 Å². The molecule has 3 rings (SSSR count). The lowest BCUT2D eigenvalue weighted by Crippen LogP contribution is -2.18. The average molecular weight is 509 g/mol. The van der Waals surface area contributed by atoms with Crippen LogP contribution in [0.1, 0.15) is 46.0 Å². The molecule has 0 radical (unpaired) electrons. The van der Waals surface area contributed by atoms with E-state index in [9.17, 15) is 14.4 Å². The zero-order valence-corrected chi connectivity index (χ0v) is 21.4. The standard InChI is InChI=1S/C26H28N4O5S/c1-6-13-30-23(18-9-7-17(8-10-18)16(2)3)28-29-26(30)36-15-22(31)27-21-14-19(24(32)34-4)11-12-20(21)25(33)35-5/h6-12,14,16H,1,13,15H2,2-5H3,(H,27,31). The van der Waals surface area contributed by atoms with E-state index in [1.54, 1.807) is 6.08 Å². The van der Waals surface area contributed by atoms with Gasteiger partial charge in [-0.3, -0.25) is 9.36 Å². The quantitative estimate of drug-likeness (QED) is 0.241. The van der Waals surface area contributed by atoms with E-state index in [4.69, 9.17) is 9.47 Å². The van der Waals surface area contributed by atoms with Crippen LogP contribution in [0.4, 0.5) is 5.69 Å². The molecule has 0 saturated carbocycles. The second-order valence-electron chi connectivity index (χ2n) is 8.06. The van der Waals surface area contributed by atoms with Crippen molar-refractivity contribution in [2.45, 2.75) is 31.5 Å². The average Bonchev–Trinajstić information content (AvgIpc) is 3.29. The molecule has 1 aromatic heterocycles. The molecule has 36 heavy (non-hydrogen) atoms. The molecule has 188 valence electrons. The van der Waals surface area contributed by atoms with Gasteiger partial charge in [-0.05, 0) is 29.7 Å². The molecule has 0 aliphatic rings. The van der Waals surface area contributed by atoms with Gasteiger partial charge in [0.1, 0.15) is 0 Å². The molecule has 1 heterocycles. The Labute approximate surface area is 213 Å². The van der Waals surface area contributed by atoms with Gasteiger partial charge in [-0.25, -0.2) is 9.59 Å².